The molecule has 0 heterocycles. The topological polar surface area (TPSA) is 75.6 Å². The van der Waals surface area contributed by atoms with E-state index in [0.717, 1.165) is 5.56 Å². The van der Waals surface area contributed by atoms with Crippen LogP contribution in [0.1, 0.15) is 15.9 Å². The Bertz CT molecular complexity index is 685. The van der Waals surface area contributed by atoms with Crippen molar-refractivity contribution < 1.29 is 19.4 Å². The van der Waals surface area contributed by atoms with Crippen LogP contribution in [-0.4, -0.2) is 30.1 Å². The number of aromatic hydroxyl groups is 1. The number of halogens is 1. The highest BCUT2D eigenvalue weighted by Crippen LogP contribution is 2.12. The molecule has 6 heteroatoms. The molecule has 2 rings (SSSR count). The summed E-state index contributed by atoms with van der Waals surface area (Å²) in [6.45, 7) is 0.0687. The lowest BCUT2D eigenvalue weighted by Crippen LogP contribution is -2.30. The van der Waals surface area contributed by atoms with Gasteiger partial charge in [-0.3, -0.25) is 4.79 Å². The van der Waals surface area contributed by atoms with E-state index < -0.39 is 5.97 Å². The molecule has 0 aromatic heterocycles. The van der Waals surface area contributed by atoms with Gasteiger partial charge in [0.25, 0.3) is 5.91 Å². The third kappa shape index (κ3) is 5.64. The zero-order valence-electron chi connectivity index (χ0n) is 12.3. The van der Waals surface area contributed by atoms with Crippen LogP contribution in [0, 0.1) is 0 Å². The van der Waals surface area contributed by atoms with E-state index in [1.165, 1.54) is 24.3 Å². The minimum Gasteiger partial charge on any atom is -0.508 e. The van der Waals surface area contributed by atoms with Gasteiger partial charge in [-0.1, -0.05) is 29.8 Å². The van der Waals surface area contributed by atoms with Crippen LogP contribution in [0.4, 0.5) is 0 Å². The van der Waals surface area contributed by atoms with Crippen molar-refractivity contribution >= 4 is 23.5 Å². The smallest absolute Gasteiger partial charge is 0.338 e. The maximum absolute atomic E-state index is 11.7. The Balaban J connectivity index is 1.70. The number of nitrogens with one attached hydrogen (secondary N) is 1. The maximum atomic E-state index is 11.7. The second-order valence-electron chi connectivity index (χ2n) is 4.85. The van der Waals surface area contributed by atoms with Crippen molar-refractivity contribution in [2.75, 3.05) is 13.2 Å². The van der Waals surface area contributed by atoms with E-state index >= 15 is 0 Å². The highest BCUT2D eigenvalue weighted by molar-refractivity contribution is 6.30. The number of ether oxygens (including phenoxy) is 1. The number of rotatable bonds is 6. The fourth-order valence-corrected chi connectivity index (χ4v) is 2.02. The van der Waals surface area contributed by atoms with Gasteiger partial charge in [-0.2, -0.15) is 0 Å². The maximum Gasteiger partial charge on any atom is 0.338 e. The molecule has 5 nitrogen and oxygen atoms in total. The summed E-state index contributed by atoms with van der Waals surface area (Å²) in [6, 6.07) is 13.1. The number of esters is 1. The molecule has 0 aliphatic carbocycles. The summed E-state index contributed by atoms with van der Waals surface area (Å²) in [6.07, 6.45) is 0.656. The van der Waals surface area contributed by atoms with Crippen molar-refractivity contribution in [2.45, 2.75) is 6.42 Å². The van der Waals surface area contributed by atoms with Crippen LogP contribution in [-0.2, 0) is 16.0 Å². The van der Waals surface area contributed by atoms with Crippen LogP contribution in [0.3, 0.4) is 0 Å². The lowest BCUT2D eigenvalue weighted by molar-refractivity contribution is -0.124. The Morgan fingerprint density at radius 2 is 1.87 bits per heavy atom. The average molecular weight is 334 g/mol. The van der Waals surface area contributed by atoms with Crippen molar-refractivity contribution in [3.8, 4) is 5.75 Å². The van der Waals surface area contributed by atoms with Crippen LogP contribution in [0.2, 0.25) is 5.02 Å². The van der Waals surface area contributed by atoms with Crippen molar-refractivity contribution in [3.05, 3.63) is 64.7 Å². The predicted molar refractivity (Wildman–Crippen MR) is 86.6 cm³/mol. The summed E-state index contributed by atoms with van der Waals surface area (Å²) in [4.78, 5) is 23.3. The van der Waals surface area contributed by atoms with Gasteiger partial charge >= 0.3 is 5.97 Å². The zero-order chi connectivity index (χ0) is 16.7. The van der Waals surface area contributed by atoms with Crippen LogP contribution < -0.4 is 5.32 Å². The second kappa shape index (κ2) is 8.19. The molecule has 0 saturated carbocycles. The Labute approximate surface area is 138 Å². The standard InChI is InChI=1S/C17H16ClNO4/c18-14-6-4-12(5-7-14)8-9-19-16(21)11-23-17(22)13-2-1-3-15(20)10-13/h1-7,10,20H,8-9,11H2,(H,19,21). The van der Waals surface area contributed by atoms with Crippen molar-refractivity contribution in [1.29, 1.82) is 0 Å². The SMILES string of the molecule is O=C(COC(=O)c1cccc(O)c1)NCCc1ccc(Cl)cc1. The number of carbonyl (C=O) groups excluding carboxylic acids is 2. The molecule has 0 unspecified atom stereocenters. The van der Waals surface area contributed by atoms with Gasteiger partial charge in [0.15, 0.2) is 6.61 Å². The first-order valence-corrected chi connectivity index (χ1v) is 7.39. The number of benzene rings is 2. The molecule has 1 amide bonds. The first-order valence-electron chi connectivity index (χ1n) is 7.02. The third-order valence-electron chi connectivity index (χ3n) is 3.07. The predicted octanol–water partition coefficient (Wildman–Crippen LogP) is 2.56. The molecular formula is C17H16ClNO4. The number of carbonyl (C=O) groups is 2. The molecule has 0 radical (unpaired) electrons. The van der Waals surface area contributed by atoms with Gasteiger partial charge in [0, 0.05) is 11.6 Å². The molecule has 23 heavy (non-hydrogen) atoms. The van der Waals surface area contributed by atoms with Crippen LogP contribution in [0.5, 0.6) is 5.75 Å². The average Bonchev–Trinajstić information content (AvgIpc) is 2.54. The summed E-state index contributed by atoms with van der Waals surface area (Å²) >= 11 is 5.79. The zero-order valence-corrected chi connectivity index (χ0v) is 13.0. The number of hydrogen-bond donors (Lipinski definition) is 2. The summed E-state index contributed by atoms with van der Waals surface area (Å²) in [5.74, 6) is -1.08. The van der Waals surface area contributed by atoms with E-state index in [1.54, 1.807) is 12.1 Å². The van der Waals surface area contributed by atoms with Crippen molar-refractivity contribution in [1.82, 2.24) is 5.32 Å². The third-order valence-corrected chi connectivity index (χ3v) is 3.32. The Hall–Kier alpha value is -2.53. The van der Waals surface area contributed by atoms with Crippen molar-refractivity contribution in [3.63, 3.8) is 0 Å². The molecule has 0 aliphatic heterocycles. The molecule has 0 fully saturated rings. The van der Waals surface area contributed by atoms with Gasteiger partial charge in [0.05, 0.1) is 5.56 Å². The Morgan fingerprint density at radius 1 is 1.13 bits per heavy atom. The largest absolute Gasteiger partial charge is 0.508 e. The molecule has 2 N–H and O–H groups in total. The quantitative estimate of drug-likeness (QED) is 0.797. The van der Waals surface area contributed by atoms with E-state index in [9.17, 15) is 14.7 Å². The van der Waals surface area contributed by atoms with E-state index in [1.807, 2.05) is 12.1 Å². The van der Waals surface area contributed by atoms with Gasteiger partial charge in [-0.15, -0.1) is 0 Å². The Kier molecular flexibility index (Phi) is 6.00. The van der Waals surface area contributed by atoms with E-state index in [2.05, 4.69) is 5.32 Å². The van der Waals surface area contributed by atoms with E-state index in [0.29, 0.717) is 18.0 Å². The van der Waals surface area contributed by atoms with Crippen LogP contribution >= 0.6 is 11.6 Å². The summed E-state index contributed by atoms with van der Waals surface area (Å²) in [7, 11) is 0. The molecule has 120 valence electrons. The van der Waals surface area contributed by atoms with Crippen LogP contribution in [0.15, 0.2) is 48.5 Å². The second-order valence-corrected chi connectivity index (χ2v) is 5.29. The summed E-state index contributed by atoms with van der Waals surface area (Å²) < 4.78 is 4.88. The molecule has 0 saturated heterocycles. The molecule has 0 bridgehead atoms. The molecule has 0 atom stereocenters. The van der Waals surface area contributed by atoms with Gasteiger partial charge in [-0.25, -0.2) is 4.79 Å². The number of phenolic OH excluding ortho intramolecular Hbond substituents is 1. The first-order chi connectivity index (χ1) is 11.0. The van der Waals surface area contributed by atoms with Crippen LogP contribution in [0.25, 0.3) is 0 Å². The van der Waals surface area contributed by atoms with E-state index in [-0.39, 0.29) is 23.8 Å². The molecule has 0 spiro atoms. The first kappa shape index (κ1) is 16.8. The fourth-order valence-electron chi connectivity index (χ4n) is 1.90. The summed E-state index contributed by atoms with van der Waals surface area (Å²) in [5, 5.41) is 12.6. The molecule has 0 aliphatic rings. The monoisotopic (exact) mass is 333 g/mol. The van der Waals surface area contributed by atoms with E-state index in [4.69, 9.17) is 16.3 Å². The number of amides is 1. The highest BCUT2D eigenvalue weighted by Gasteiger charge is 2.10. The minimum absolute atomic E-state index is 0.0353. The minimum atomic E-state index is -0.659. The van der Waals surface area contributed by atoms with Crippen molar-refractivity contribution in [2.24, 2.45) is 0 Å². The number of phenols is 1. The lowest BCUT2D eigenvalue weighted by Gasteiger charge is -2.07. The lowest BCUT2D eigenvalue weighted by atomic mass is 10.1. The molecule has 2 aromatic rings. The number of hydrogen-bond acceptors (Lipinski definition) is 4. The van der Waals surface area contributed by atoms with Gasteiger partial charge < -0.3 is 15.2 Å². The van der Waals surface area contributed by atoms with Gasteiger partial charge in [0.2, 0.25) is 0 Å². The molecule has 2 aromatic carbocycles. The highest BCUT2D eigenvalue weighted by atomic mass is 35.5. The molecular weight excluding hydrogens is 318 g/mol. The normalized spacial score (nSPS) is 10.1. The summed E-state index contributed by atoms with van der Waals surface area (Å²) in [5.41, 5.74) is 1.24. The van der Waals surface area contributed by atoms with Gasteiger partial charge in [0.1, 0.15) is 5.75 Å². The van der Waals surface area contributed by atoms with Gasteiger partial charge in [-0.05, 0) is 42.3 Å². The Morgan fingerprint density at radius 3 is 2.57 bits per heavy atom. The fraction of sp³-hybridized carbons (Fsp3) is 0.176.